The van der Waals surface area contributed by atoms with Crippen LogP contribution in [-0.4, -0.2) is 49.1 Å². The molecule has 6 nitrogen and oxygen atoms in total. The van der Waals surface area contributed by atoms with Gasteiger partial charge in [-0.1, -0.05) is 25.5 Å². The molecule has 1 N–H and O–H groups in total. The largest absolute Gasteiger partial charge is 0.481 e. The van der Waals surface area contributed by atoms with Crippen LogP contribution >= 0.6 is 0 Å². The number of nitrogens with zero attached hydrogens (tertiary/aromatic N) is 1. The summed E-state index contributed by atoms with van der Waals surface area (Å²) in [6, 6.07) is 6.17. The fourth-order valence-electron chi connectivity index (χ4n) is 4.03. The summed E-state index contributed by atoms with van der Waals surface area (Å²) in [6.07, 6.45) is 2.23. The van der Waals surface area contributed by atoms with Crippen LogP contribution in [0.15, 0.2) is 29.2 Å². The first-order chi connectivity index (χ1) is 11.3. The van der Waals surface area contributed by atoms with Gasteiger partial charge in [0.15, 0.2) is 9.84 Å². The highest BCUT2D eigenvalue weighted by Gasteiger charge is 2.56. The zero-order chi connectivity index (χ0) is 17.5. The fourth-order valence-corrected chi connectivity index (χ4v) is 5.12. The van der Waals surface area contributed by atoms with Gasteiger partial charge in [0.05, 0.1) is 21.6 Å². The summed E-state index contributed by atoms with van der Waals surface area (Å²) in [5.74, 6) is -1.37. The maximum Gasteiger partial charge on any atom is 0.311 e. The molecule has 130 valence electrons. The highest BCUT2D eigenvalue weighted by Crippen LogP contribution is 2.49. The molecule has 24 heavy (non-hydrogen) atoms. The lowest BCUT2D eigenvalue weighted by atomic mass is 9.81. The topological polar surface area (TPSA) is 91.8 Å². The van der Waals surface area contributed by atoms with Crippen molar-refractivity contribution in [2.45, 2.75) is 31.1 Å². The van der Waals surface area contributed by atoms with Crippen LogP contribution < -0.4 is 0 Å². The number of carbonyl (C=O) groups excluding carboxylic acids is 1. The molecule has 2 atom stereocenters. The van der Waals surface area contributed by atoms with Gasteiger partial charge >= 0.3 is 5.97 Å². The number of carboxylic acid groups (broad SMARTS) is 1. The number of aliphatic carboxylic acids is 1. The molecule has 0 bridgehead atoms. The zero-order valence-electron chi connectivity index (χ0n) is 13.6. The quantitative estimate of drug-likeness (QED) is 0.893. The molecule has 1 amide bonds. The molecule has 0 aromatic heterocycles. The van der Waals surface area contributed by atoms with Gasteiger partial charge in [-0.15, -0.1) is 0 Å². The molecular weight excluding hydrogens is 330 g/mol. The number of rotatable bonds is 4. The number of carbonyl (C=O) groups is 2. The van der Waals surface area contributed by atoms with E-state index in [0.717, 1.165) is 12.8 Å². The lowest BCUT2D eigenvalue weighted by molar-refractivity contribution is -0.149. The van der Waals surface area contributed by atoms with E-state index < -0.39 is 27.1 Å². The van der Waals surface area contributed by atoms with Gasteiger partial charge in [0.1, 0.15) is 0 Å². The predicted octanol–water partition coefficient (Wildman–Crippen LogP) is 1.81. The van der Waals surface area contributed by atoms with E-state index in [1.54, 1.807) is 12.1 Å². The van der Waals surface area contributed by atoms with Crippen molar-refractivity contribution in [3.05, 3.63) is 29.8 Å². The van der Waals surface area contributed by atoms with E-state index in [9.17, 15) is 23.1 Å². The van der Waals surface area contributed by atoms with E-state index >= 15 is 0 Å². The van der Waals surface area contributed by atoms with Crippen molar-refractivity contribution in [1.82, 2.24) is 4.90 Å². The first-order valence-electron chi connectivity index (χ1n) is 8.16. The zero-order valence-corrected chi connectivity index (χ0v) is 14.4. The van der Waals surface area contributed by atoms with Crippen LogP contribution in [0.3, 0.4) is 0 Å². The van der Waals surface area contributed by atoms with E-state index in [1.807, 2.05) is 0 Å². The molecule has 1 aliphatic heterocycles. The van der Waals surface area contributed by atoms with Gasteiger partial charge in [-0.3, -0.25) is 9.59 Å². The summed E-state index contributed by atoms with van der Waals surface area (Å²) in [4.78, 5) is 26.2. The number of amides is 1. The number of likely N-dealkylation sites (tertiary alicyclic amines) is 1. The van der Waals surface area contributed by atoms with Crippen molar-refractivity contribution >= 4 is 21.7 Å². The number of carboxylic acids is 1. The van der Waals surface area contributed by atoms with Crippen molar-refractivity contribution in [1.29, 1.82) is 0 Å². The SMILES string of the molecule is CCS(=O)(=O)c1ccccc1C(=O)N1C[C@@H]2CCC[C@@]2(C(=O)O)C1. The van der Waals surface area contributed by atoms with Crippen LogP contribution in [-0.2, 0) is 14.6 Å². The van der Waals surface area contributed by atoms with Gasteiger partial charge in [0.2, 0.25) is 0 Å². The van der Waals surface area contributed by atoms with Crippen LogP contribution in [0.2, 0.25) is 0 Å². The molecule has 1 aromatic rings. The molecule has 2 aliphatic rings. The number of hydrogen-bond acceptors (Lipinski definition) is 4. The van der Waals surface area contributed by atoms with Crippen LogP contribution in [0.5, 0.6) is 0 Å². The van der Waals surface area contributed by atoms with E-state index in [-0.39, 0.29) is 28.7 Å². The first-order valence-corrected chi connectivity index (χ1v) is 9.81. The van der Waals surface area contributed by atoms with E-state index in [1.165, 1.54) is 24.0 Å². The highest BCUT2D eigenvalue weighted by molar-refractivity contribution is 7.91. The third kappa shape index (κ3) is 2.51. The average molecular weight is 351 g/mol. The lowest BCUT2D eigenvalue weighted by Gasteiger charge is -2.23. The molecule has 1 saturated heterocycles. The number of hydrogen-bond donors (Lipinski definition) is 1. The average Bonchev–Trinajstić information content (AvgIpc) is 3.12. The second kappa shape index (κ2) is 5.88. The van der Waals surface area contributed by atoms with E-state index in [0.29, 0.717) is 13.0 Å². The number of fused-ring (bicyclic) bond motifs is 1. The Labute approximate surface area is 141 Å². The summed E-state index contributed by atoms with van der Waals surface area (Å²) >= 11 is 0. The molecule has 0 unspecified atom stereocenters. The lowest BCUT2D eigenvalue weighted by Crippen LogP contribution is -2.37. The molecule has 2 fully saturated rings. The standard InChI is InChI=1S/C17H21NO5S/c1-2-24(22,23)14-8-4-3-7-13(14)15(19)18-10-12-6-5-9-17(12,11-18)16(20)21/h3-4,7-8,12H,2,5-6,9-11H2,1H3,(H,20,21)/t12-,17+/m0/s1. The van der Waals surface area contributed by atoms with Gasteiger partial charge in [-0.2, -0.15) is 0 Å². The smallest absolute Gasteiger partial charge is 0.311 e. The van der Waals surface area contributed by atoms with Crippen molar-refractivity contribution in [3.8, 4) is 0 Å². The van der Waals surface area contributed by atoms with Crippen LogP contribution in [0.25, 0.3) is 0 Å². The van der Waals surface area contributed by atoms with Gasteiger partial charge in [0.25, 0.3) is 5.91 Å². The third-order valence-electron chi connectivity index (χ3n) is 5.42. The van der Waals surface area contributed by atoms with E-state index in [2.05, 4.69) is 0 Å². The van der Waals surface area contributed by atoms with Gasteiger partial charge in [-0.05, 0) is 30.9 Å². The summed E-state index contributed by atoms with van der Waals surface area (Å²) in [5.41, 5.74) is -0.728. The summed E-state index contributed by atoms with van der Waals surface area (Å²) in [6.45, 7) is 2.08. The molecule has 1 aliphatic carbocycles. The monoisotopic (exact) mass is 351 g/mol. The minimum atomic E-state index is -3.52. The summed E-state index contributed by atoms with van der Waals surface area (Å²) in [5, 5.41) is 9.63. The second-order valence-corrected chi connectivity index (χ2v) is 8.88. The molecule has 0 radical (unpaired) electrons. The molecule has 1 heterocycles. The van der Waals surface area contributed by atoms with Crippen molar-refractivity contribution in [2.24, 2.45) is 11.3 Å². The third-order valence-corrected chi connectivity index (χ3v) is 7.20. The van der Waals surface area contributed by atoms with E-state index in [4.69, 9.17) is 0 Å². The first kappa shape index (κ1) is 17.0. The second-order valence-electron chi connectivity index (χ2n) is 6.64. The van der Waals surface area contributed by atoms with Crippen molar-refractivity contribution in [2.75, 3.05) is 18.8 Å². The molecule has 1 saturated carbocycles. The fraction of sp³-hybridized carbons (Fsp3) is 0.529. The highest BCUT2D eigenvalue weighted by atomic mass is 32.2. The number of sulfone groups is 1. The maximum absolute atomic E-state index is 12.9. The summed E-state index contributed by atoms with van der Waals surface area (Å²) in [7, 11) is -3.52. The normalized spacial score (nSPS) is 26.4. The van der Waals surface area contributed by atoms with Crippen LogP contribution in [0.1, 0.15) is 36.5 Å². The maximum atomic E-state index is 12.9. The Kier molecular flexibility index (Phi) is 4.15. The van der Waals surface area contributed by atoms with Gasteiger partial charge in [-0.25, -0.2) is 8.42 Å². The predicted molar refractivity (Wildman–Crippen MR) is 87.5 cm³/mol. The van der Waals surface area contributed by atoms with Gasteiger partial charge in [0, 0.05) is 13.1 Å². The van der Waals surface area contributed by atoms with Crippen molar-refractivity contribution < 1.29 is 23.1 Å². The Hall–Kier alpha value is -1.89. The molecule has 3 rings (SSSR count). The molecule has 0 spiro atoms. The number of benzene rings is 1. The molecular formula is C17H21NO5S. The Morgan fingerprint density at radius 2 is 2.04 bits per heavy atom. The Morgan fingerprint density at radius 3 is 2.67 bits per heavy atom. The Morgan fingerprint density at radius 1 is 1.33 bits per heavy atom. The minimum absolute atomic E-state index is 0.0268. The summed E-state index contributed by atoms with van der Waals surface area (Å²) < 4.78 is 24.5. The van der Waals surface area contributed by atoms with Crippen LogP contribution in [0, 0.1) is 11.3 Å². The van der Waals surface area contributed by atoms with Crippen LogP contribution in [0.4, 0.5) is 0 Å². The Bertz CT molecular complexity index is 788. The van der Waals surface area contributed by atoms with Crippen molar-refractivity contribution in [3.63, 3.8) is 0 Å². The molecule has 1 aromatic carbocycles. The molecule has 7 heteroatoms. The minimum Gasteiger partial charge on any atom is -0.481 e. The van der Waals surface area contributed by atoms with Gasteiger partial charge < -0.3 is 10.0 Å². The Balaban J connectivity index is 1.94.